The summed E-state index contributed by atoms with van der Waals surface area (Å²) in [6.45, 7) is 32.1. The highest BCUT2D eigenvalue weighted by molar-refractivity contribution is 7.71. The number of hydrogen-bond donors (Lipinski definition) is 1. The van der Waals surface area contributed by atoms with Crippen LogP contribution in [0.2, 0.25) is 0 Å². The Labute approximate surface area is 324 Å². The van der Waals surface area contributed by atoms with E-state index >= 15 is 0 Å². The molecule has 0 atom stereocenters. The zero-order valence-corrected chi connectivity index (χ0v) is 36.4. The fraction of sp³-hybridized carbons (Fsp3) is 0.923. The number of hydroxylamine groups is 8. The molecule has 0 spiro atoms. The maximum atomic E-state index is 13.6. The highest BCUT2D eigenvalue weighted by Gasteiger charge is 2.55. The largest absolute Gasteiger partial charge is 0.336 e. The zero-order valence-electron chi connectivity index (χ0n) is 35.6. The maximum Gasteiger partial charge on any atom is 0.225 e. The monoisotopic (exact) mass is 760 g/mol. The van der Waals surface area contributed by atoms with Crippen LogP contribution in [-0.4, -0.2) is 104 Å². The van der Waals surface area contributed by atoms with E-state index in [0.717, 1.165) is 0 Å². The van der Waals surface area contributed by atoms with Gasteiger partial charge < -0.3 is 9.80 Å². The van der Waals surface area contributed by atoms with Crippen molar-refractivity contribution in [3.05, 3.63) is 4.77 Å². The van der Waals surface area contributed by atoms with E-state index in [1.54, 1.807) is 0 Å². The van der Waals surface area contributed by atoms with E-state index in [0.29, 0.717) is 63.3 Å². The number of rotatable bonds is 6. The van der Waals surface area contributed by atoms with Gasteiger partial charge in [0.15, 0.2) is 0 Å². The molecule has 5 heterocycles. The first-order chi connectivity index (χ1) is 23.7. The van der Waals surface area contributed by atoms with E-state index in [1.165, 1.54) is 20.3 Å². The summed E-state index contributed by atoms with van der Waals surface area (Å²) in [5.41, 5.74) is -5.22. The number of nitrogens with zero attached hydrogens (tertiary/aromatic N) is 8. The van der Waals surface area contributed by atoms with E-state index < -0.39 is 44.3 Å². The van der Waals surface area contributed by atoms with Crippen LogP contribution in [0, 0.1) is 4.77 Å². The summed E-state index contributed by atoms with van der Waals surface area (Å²) in [5, 5.41) is 59.6. The van der Waals surface area contributed by atoms with Crippen LogP contribution in [0.25, 0.3) is 0 Å². The third-order valence-corrected chi connectivity index (χ3v) is 13.2. The first-order valence-corrected chi connectivity index (χ1v) is 20.1. The molecular formula is C39H69N9O4S. The topological polar surface area (TPSA) is 141 Å². The van der Waals surface area contributed by atoms with Gasteiger partial charge in [0.1, 0.15) is 0 Å². The quantitative estimate of drug-likeness (QED) is 0.290. The van der Waals surface area contributed by atoms with Crippen molar-refractivity contribution >= 4 is 24.1 Å². The maximum absolute atomic E-state index is 13.6. The molecule has 0 unspecified atom stereocenters. The molecule has 1 N–H and O–H groups in total. The van der Waals surface area contributed by atoms with E-state index in [-0.39, 0.29) is 28.9 Å². The van der Waals surface area contributed by atoms with Gasteiger partial charge in [-0.3, -0.25) is 4.98 Å². The molecule has 14 heteroatoms. The molecule has 0 aliphatic carbocycles. The SMILES string of the molecule is CC1(C)CC(N(c2nc(=S)nc(N(C3CC(C)(C)N([O])C(C)(C)C3)C3CC(C)(C)N([O])C(C)(C)C3)[nH]2)C2CC(C)(C)N([O])C(C)(C)C2)CC(C)(C)N1[O]. The van der Waals surface area contributed by atoms with Crippen LogP contribution in [0.1, 0.15) is 162 Å². The molecule has 4 radical (unpaired) electrons. The number of hydrogen-bond acceptors (Lipinski definition) is 9. The minimum Gasteiger partial charge on any atom is -0.336 e. The third kappa shape index (κ3) is 7.92. The van der Waals surface area contributed by atoms with Crippen molar-refractivity contribution < 1.29 is 20.8 Å². The van der Waals surface area contributed by atoms with Crippen molar-refractivity contribution in [1.29, 1.82) is 0 Å². The summed E-state index contributed by atoms with van der Waals surface area (Å²) in [5.74, 6) is 1.16. The van der Waals surface area contributed by atoms with Crippen molar-refractivity contribution in [3.63, 3.8) is 0 Å². The molecule has 13 nitrogen and oxygen atoms in total. The van der Waals surface area contributed by atoms with Crippen LogP contribution in [0.3, 0.4) is 0 Å². The van der Waals surface area contributed by atoms with Crippen molar-refractivity contribution in [2.24, 2.45) is 0 Å². The second-order valence-corrected chi connectivity index (χ2v) is 22.4. The molecule has 1 aromatic rings. The van der Waals surface area contributed by atoms with Gasteiger partial charge in [-0.05, 0) is 174 Å². The molecule has 0 aromatic carbocycles. The van der Waals surface area contributed by atoms with Gasteiger partial charge in [-0.2, -0.15) is 9.97 Å². The number of aromatic amines is 1. The van der Waals surface area contributed by atoms with Crippen LogP contribution in [0.15, 0.2) is 0 Å². The molecule has 4 aliphatic heterocycles. The lowest BCUT2D eigenvalue weighted by Gasteiger charge is -2.58. The number of nitrogens with one attached hydrogen (secondary N) is 1. The van der Waals surface area contributed by atoms with Gasteiger partial charge in [-0.1, -0.05) is 0 Å². The standard InChI is InChI=1S/C39H69N9O4S/c1-32(2)17-25(18-33(3,4)45(32)49)43(26-19-34(5,6)46(50)35(7,8)20-26)29-40-30(42-31(53)41-29)44(27-21-36(9,10)47(51)37(11,12)22-27)28-23-38(13,14)48(52)39(15,16)24-28/h25-28H,17-24H2,1-16H3,(H,40,41,42,53). The van der Waals surface area contributed by atoms with Crippen LogP contribution < -0.4 is 9.80 Å². The molecule has 4 aliphatic rings. The lowest BCUT2D eigenvalue weighted by atomic mass is 9.74. The van der Waals surface area contributed by atoms with Gasteiger partial charge >= 0.3 is 0 Å². The Hall–Kier alpha value is -1.49. The molecule has 300 valence electrons. The first kappa shape index (κ1) is 42.6. The Bertz CT molecular complexity index is 1310. The summed E-state index contributed by atoms with van der Waals surface area (Å²) in [7, 11) is 0. The minimum absolute atomic E-state index is 0.0926. The number of H-pyrrole nitrogens is 1. The Balaban J connectivity index is 1.72. The van der Waals surface area contributed by atoms with E-state index in [9.17, 15) is 20.8 Å². The fourth-order valence-corrected chi connectivity index (χ4v) is 11.7. The molecule has 4 saturated heterocycles. The molecule has 53 heavy (non-hydrogen) atoms. The minimum atomic E-state index is -0.652. The number of aromatic nitrogens is 3. The number of anilines is 2. The molecular weight excluding hydrogens is 691 g/mol. The normalized spacial score (nSPS) is 29.6. The predicted molar refractivity (Wildman–Crippen MR) is 207 cm³/mol. The molecule has 0 amide bonds. The lowest BCUT2D eigenvalue weighted by molar-refractivity contribution is -0.294. The first-order valence-electron chi connectivity index (χ1n) is 19.7. The smallest absolute Gasteiger partial charge is 0.225 e. The lowest BCUT2D eigenvalue weighted by Crippen LogP contribution is -2.68. The Morgan fingerprint density at radius 1 is 0.434 bits per heavy atom. The summed E-state index contributed by atoms with van der Waals surface area (Å²) in [6, 6.07) is -0.370. The zero-order chi connectivity index (χ0) is 40.3. The van der Waals surface area contributed by atoms with Gasteiger partial charge in [-0.15, -0.1) is 41.1 Å². The van der Waals surface area contributed by atoms with Crippen LogP contribution >= 0.6 is 12.2 Å². The van der Waals surface area contributed by atoms with Gasteiger partial charge in [-0.25, -0.2) is 0 Å². The second-order valence-electron chi connectivity index (χ2n) is 22.0. The predicted octanol–water partition coefficient (Wildman–Crippen LogP) is 7.62. The highest BCUT2D eigenvalue weighted by atomic mass is 32.1. The van der Waals surface area contributed by atoms with Crippen molar-refractivity contribution in [2.45, 2.75) is 231 Å². The molecule has 1 aromatic heterocycles. The molecule has 5 rings (SSSR count). The van der Waals surface area contributed by atoms with Gasteiger partial charge in [0.25, 0.3) is 0 Å². The third-order valence-electron chi connectivity index (χ3n) is 13.0. The summed E-state index contributed by atoms with van der Waals surface area (Å²) >= 11 is 5.94. The van der Waals surface area contributed by atoms with Crippen LogP contribution in [-0.2, 0) is 20.8 Å². The summed E-state index contributed by atoms with van der Waals surface area (Å²) in [4.78, 5) is 18.4. The molecule has 4 fully saturated rings. The summed E-state index contributed by atoms with van der Waals surface area (Å²) in [6.07, 6.45) is 4.75. The van der Waals surface area contributed by atoms with Crippen molar-refractivity contribution in [3.8, 4) is 0 Å². The summed E-state index contributed by atoms with van der Waals surface area (Å²) < 4.78 is 0.197. The van der Waals surface area contributed by atoms with E-state index in [2.05, 4.69) is 14.8 Å². The average Bonchev–Trinajstić information content (AvgIpc) is 2.95. The van der Waals surface area contributed by atoms with Crippen LogP contribution in [0.5, 0.6) is 0 Å². The van der Waals surface area contributed by atoms with Crippen molar-refractivity contribution in [1.82, 2.24) is 35.2 Å². The van der Waals surface area contributed by atoms with Gasteiger partial charge in [0.05, 0.1) is 0 Å². The van der Waals surface area contributed by atoms with Crippen LogP contribution in [0.4, 0.5) is 11.9 Å². The second kappa shape index (κ2) is 13.3. The average molecular weight is 760 g/mol. The number of piperidine rings is 4. The van der Waals surface area contributed by atoms with E-state index in [4.69, 9.17) is 22.2 Å². The van der Waals surface area contributed by atoms with Crippen molar-refractivity contribution in [2.75, 3.05) is 9.80 Å². The Morgan fingerprint density at radius 3 is 0.774 bits per heavy atom. The molecule has 0 bridgehead atoms. The van der Waals surface area contributed by atoms with Gasteiger partial charge in [0.2, 0.25) is 16.7 Å². The molecule has 0 saturated carbocycles. The Kier molecular flexibility index (Phi) is 10.7. The highest BCUT2D eigenvalue weighted by Crippen LogP contribution is 2.48. The van der Waals surface area contributed by atoms with E-state index in [1.807, 2.05) is 111 Å². The Morgan fingerprint density at radius 2 is 0.604 bits per heavy atom. The van der Waals surface area contributed by atoms with Gasteiger partial charge in [0, 0.05) is 68.5 Å². The fourth-order valence-electron chi connectivity index (χ4n) is 11.5.